The Morgan fingerprint density at radius 1 is 1.39 bits per heavy atom. The fourth-order valence-corrected chi connectivity index (χ4v) is 6.50. The zero-order chi connectivity index (χ0) is 22.3. The maximum absolute atomic E-state index is 12.9. The first-order valence-corrected chi connectivity index (χ1v) is 12.7. The highest BCUT2D eigenvalue weighted by Crippen LogP contribution is 2.42. The number of thiophene rings is 1. The van der Waals surface area contributed by atoms with Crippen LogP contribution in [0.3, 0.4) is 0 Å². The second kappa shape index (κ2) is 8.09. The molecule has 0 aromatic carbocycles. The number of hydrogen-bond acceptors (Lipinski definition) is 8. The molecule has 0 bridgehead atoms. The van der Waals surface area contributed by atoms with E-state index >= 15 is 0 Å². The lowest BCUT2D eigenvalue weighted by Gasteiger charge is -2.12. The maximum atomic E-state index is 12.9. The Morgan fingerprint density at radius 2 is 2.13 bits per heavy atom. The van der Waals surface area contributed by atoms with E-state index in [1.165, 1.54) is 0 Å². The molecule has 1 N–H and O–H groups in total. The van der Waals surface area contributed by atoms with Crippen molar-refractivity contribution >= 4 is 38.1 Å². The first-order valence-electron chi connectivity index (χ1n) is 10.1. The predicted molar refractivity (Wildman–Crippen MR) is 114 cm³/mol. The number of sulfone groups is 1. The van der Waals surface area contributed by atoms with Crippen molar-refractivity contribution in [2.45, 2.75) is 45.1 Å². The second-order valence-electron chi connectivity index (χ2n) is 7.78. The maximum Gasteiger partial charge on any atom is 0.348 e. The van der Waals surface area contributed by atoms with Crippen molar-refractivity contribution in [1.29, 1.82) is 5.26 Å². The average molecular weight is 463 g/mol. The summed E-state index contributed by atoms with van der Waals surface area (Å²) in [5, 5.41) is 16.9. The summed E-state index contributed by atoms with van der Waals surface area (Å²) in [7, 11) is -3.09. The minimum Gasteiger partial charge on any atom is -0.462 e. The van der Waals surface area contributed by atoms with Gasteiger partial charge in [0.2, 0.25) is 0 Å². The summed E-state index contributed by atoms with van der Waals surface area (Å²) in [6.07, 6.45) is 2.45. The van der Waals surface area contributed by atoms with E-state index in [0.29, 0.717) is 12.0 Å². The van der Waals surface area contributed by atoms with Crippen LogP contribution in [-0.4, -0.2) is 48.2 Å². The molecule has 1 saturated carbocycles. The van der Waals surface area contributed by atoms with E-state index < -0.39 is 21.7 Å². The van der Waals surface area contributed by atoms with Gasteiger partial charge < -0.3 is 10.1 Å². The molecule has 31 heavy (non-hydrogen) atoms. The number of anilines is 1. The Labute approximate surface area is 183 Å². The topological polar surface area (TPSA) is 131 Å². The fraction of sp³-hybridized carbons (Fsp3) is 0.500. The standard InChI is InChI=1S/C20H22N4O5S2/c1-3-29-20(26)17-11(2)14(9-21)19(30-17)22-18(25)15-8-16(12-4-5-12)24(23-15)13-6-7-31(27,28)10-13/h8,12-13H,3-7,10H2,1-2H3,(H,22,25). The highest BCUT2D eigenvalue weighted by molar-refractivity contribution is 7.91. The SMILES string of the molecule is CCOC(=O)c1sc(NC(=O)c2cc(C3CC3)n(C3CCS(=O)(=O)C3)n2)c(C#N)c1C. The van der Waals surface area contributed by atoms with Gasteiger partial charge in [0.05, 0.1) is 29.7 Å². The van der Waals surface area contributed by atoms with Crippen LogP contribution in [0.5, 0.6) is 0 Å². The molecular weight excluding hydrogens is 440 g/mol. The van der Waals surface area contributed by atoms with E-state index in [0.717, 1.165) is 29.9 Å². The summed E-state index contributed by atoms with van der Waals surface area (Å²) in [4.78, 5) is 25.3. The Morgan fingerprint density at radius 3 is 2.71 bits per heavy atom. The number of ether oxygens (including phenoxy) is 1. The molecule has 2 aromatic rings. The fourth-order valence-electron chi connectivity index (χ4n) is 3.76. The lowest BCUT2D eigenvalue weighted by atomic mass is 10.1. The molecule has 1 amide bonds. The quantitative estimate of drug-likeness (QED) is 0.653. The Bertz CT molecular complexity index is 1200. The van der Waals surface area contributed by atoms with E-state index in [4.69, 9.17) is 4.74 Å². The van der Waals surface area contributed by atoms with Crippen molar-refractivity contribution in [1.82, 2.24) is 9.78 Å². The van der Waals surface area contributed by atoms with Crippen molar-refractivity contribution in [3.63, 3.8) is 0 Å². The van der Waals surface area contributed by atoms with Gasteiger partial charge in [-0.2, -0.15) is 10.4 Å². The number of amides is 1. The van der Waals surface area contributed by atoms with E-state index in [1.54, 1.807) is 24.6 Å². The molecule has 0 radical (unpaired) electrons. The Balaban J connectivity index is 1.61. The molecule has 11 heteroatoms. The molecule has 2 fully saturated rings. The van der Waals surface area contributed by atoms with E-state index in [9.17, 15) is 23.3 Å². The number of nitriles is 1. The van der Waals surface area contributed by atoms with Crippen LogP contribution in [-0.2, 0) is 14.6 Å². The summed E-state index contributed by atoms with van der Waals surface area (Å²) in [6.45, 7) is 3.54. The molecule has 2 aromatic heterocycles. The molecule has 3 heterocycles. The summed E-state index contributed by atoms with van der Waals surface area (Å²) >= 11 is 0.994. The Hall–Kier alpha value is -2.71. The molecular formula is C20H22N4O5S2. The van der Waals surface area contributed by atoms with Gasteiger partial charge in [-0.3, -0.25) is 9.48 Å². The molecule has 1 saturated heterocycles. The Kier molecular flexibility index (Phi) is 5.61. The lowest BCUT2D eigenvalue weighted by molar-refractivity contribution is 0.0531. The minimum atomic E-state index is -3.09. The number of carbonyl (C=O) groups excluding carboxylic acids is 2. The average Bonchev–Trinajstić information content (AvgIpc) is 3.23. The highest BCUT2D eigenvalue weighted by Gasteiger charge is 2.36. The lowest BCUT2D eigenvalue weighted by Crippen LogP contribution is -2.17. The number of rotatable bonds is 6. The number of nitrogens with one attached hydrogen (secondary N) is 1. The van der Waals surface area contributed by atoms with Crippen molar-refractivity contribution in [2.24, 2.45) is 0 Å². The first-order chi connectivity index (χ1) is 14.7. The van der Waals surface area contributed by atoms with Gasteiger partial charge in [-0.15, -0.1) is 11.3 Å². The number of aromatic nitrogens is 2. The van der Waals surface area contributed by atoms with Crippen LogP contribution in [0.1, 0.15) is 75.1 Å². The van der Waals surface area contributed by atoms with Gasteiger partial charge in [-0.25, -0.2) is 13.2 Å². The van der Waals surface area contributed by atoms with Gasteiger partial charge in [0.15, 0.2) is 15.5 Å². The third-order valence-electron chi connectivity index (χ3n) is 5.49. The van der Waals surface area contributed by atoms with Gasteiger partial charge in [0, 0.05) is 11.6 Å². The zero-order valence-corrected chi connectivity index (χ0v) is 18.8. The third-order valence-corrected chi connectivity index (χ3v) is 8.43. The predicted octanol–water partition coefficient (Wildman–Crippen LogP) is 2.79. The van der Waals surface area contributed by atoms with Gasteiger partial charge in [0.1, 0.15) is 15.9 Å². The molecule has 2 aliphatic rings. The number of nitrogens with zero attached hydrogens (tertiary/aromatic N) is 3. The first kappa shape index (κ1) is 21.5. The molecule has 9 nitrogen and oxygen atoms in total. The van der Waals surface area contributed by atoms with Crippen LogP contribution < -0.4 is 5.32 Å². The molecule has 0 spiro atoms. The monoisotopic (exact) mass is 462 g/mol. The van der Waals surface area contributed by atoms with E-state index in [1.807, 2.05) is 6.07 Å². The summed E-state index contributed by atoms with van der Waals surface area (Å²) in [5.74, 6) is -0.605. The molecule has 4 rings (SSSR count). The van der Waals surface area contributed by atoms with Crippen LogP contribution in [0.25, 0.3) is 0 Å². The molecule has 164 valence electrons. The zero-order valence-electron chi connectivity index (χ0n) is 17.2. The minimum absolute atomic E-state index is 0.0288. The van der Waals surface area contributed by atoms with E-state index in [2.05, 4.69) is 10.4 Å². The van der Waals surface area contributed by atoms with Crippen molar-refractivity contribution in [3.05, 3.63) is 33.5 Å². The summed E-state index contributed by atoms with van der Waals surface area (Å²) in [5.41, 5.74) is 1.72. The van der Waals surface area contributed by atoms with Gasteiger partial charge in [-0.1, -0.05) is 0 Å². The second-order valence-corrected chi connectivity index (χ2v) is 11.0. The smallest absolute Gasteiger partial charge is 0.348 e. The summed E-state index contributed by atoms with van der Waals surface area (Å²) in [6, 6.07) is 3.47. The highest BCUT2D eigenvalue weighted by atomic mass is 32.2. The van der Waals surface area contributed by atoms with E-state index in [-0.39, 0.29) is 51.2 Å². The number of hydrogen-bond donors (Lipinski definition) is 1. The van der Waals surface area contributed by atoms with Gasteiger partial charge in [-0.05, 0) is 44.7 Å². The molecule has 1 aliphatic carbocycles. The van der Waals surface area contributed by atoms with Crippen LogP contribution in [0.15, 0.2) is 6.07 Å². The van der Waals surface area contributed by atoms with Crippen molar-refractivity contribution < 1.29 is 22.7 Å². The van der Waals surface area contributed by atoms with Crippen LogP contribution in [0.2, 0.25) is 0 Å². The third kappa shape index (κ3) is 4.22. The molecule has 1 unspecified atom stereocenters. The number of carbonyl (C=O) groups is 2. The van der Waals surface area contributed by atoms with Crippen molar-refractivity contribution in [2.75, 3.05) is 23.4 Å². The van der Waals surface area contributed by atoms with Crippen molar-refractivity contribution in [3.8, 4) is 6.07 Å². The van der Waals surface area contributed by atoms with Gasteiger partial charge >= 0.3 is 5.97 Å². The summed E-state index contributed by atoms with van der Waals surface area (Å²) < 4.78 is 30.5. The largest absolute Gasteiger partial charge is 0.462 e. The molecule has 1 atom stereocenters. The van der Waals surface area contributed by atoms with Crippen LogP contribution in [0.4, 0.5) is 5.00 Å². The number of esters is 1. The van der Waals surface area contributed by atoms with Gasteiger partial charge in [0.25, 0.3) is 5.91 Å². The normalized spacial score (nSPS) is 19.7. The molecule has 1 aliphatic heterocycles. The van der Waals surface area contributed by atoms with Crippen LogP contribution >= 0.6 is 11.3 Å². The van der Waals surface area contributed by atoms with Crippen LogP contribution in [0, 0.1) is 18.3 Å².